The summed E-state index contributed by atoms with van der Waals surface area (Å²) in [7, 11) is 3.80. The summed E-state index contributed by atoms with van der Waals surface area (Å²) in [6, 6.07) is 5.58. The number of para-hydroxylation sites is 1. The monoisotopic (exact) mass is 207 g/mol. The fourth-order valence-corrected chi connectivity index (χ4v) is 1.69. The first-order chi connectivity index (χ1) is 7.11. The van der Waals surface area contributed by atoms with Crippen molar-refractivity contribution in [3.8, 4) is 0 Å². The van der Waals surface area contributed by atoms with Gasteiger partial charge in [-0.05, 0) is 11.6 Å². The molecule has 1 unspecified atom stereocenters. The van der Waals surface area contributed by atoms with E-state index in [4.69, 9.17) is 5.11 Å². The van der Waals surface area contributed by atoms with Crippen LogP contribution in [0.3, 0.4) is 0 Å². The van der Waals surface area contributed by atoms with Gasteiger partial charge in [0.2, 0.25) is 0 Å². The summed E-state index contributed by atoms with van der Waals surface area (Å²) in [5.74, 6) is 0.0438. The number of aliphatic hydroxyl groups excluding tert-OH is 1. The van der Waals surface area contributed by atoms with Crippen molar-refractivity contribution in [1.29, 1.82) is 0 Å². The van der Waals surface area contributed by atoms with Gasteiger partial charge in [0.1, 0.15) is 0 Å². The van der Waals surface area contributed by atoms with Crippen molar-refractivity contribution >= 4 is 12.0 Å². The maximum absolute atomic E-state index is 10.9. The predicted molar refractivity (Wildman–Crippen MR) is 61.7 cm³/mol. The quantitative estimate of drug-likeness (QED) is 0.763. The van der Waals surface area contributed by atoms with E-state index in [0.717, 1.165) is 17.5 Å². The molecule has 0 aliphatic heterocycles. The molecule has 0 bridgehead atoms. The minimum Gasteiger partial charge on any atom is -0.396 e. The zero-order valence-electron chi connectivity index (χ0n) is 9.40. The topological polar surface area (TPSA) is 40.5 Å². The van der Waals surface area contributed by atoms with Crippen LogP contribution in [0.25, 0.3) is 0 Å². The second-order valence-corrected chi connectivity index (χ2v) is 3.88. The van der Waals surface area contributed by atoms with Crippen LogP contribution in [0.15, 0.2) is 18.2 Å². The van der Waals surface area contributed by atoms with Crippen LogP contribution in [0.4, 0.5) is 5.69 Å². The van der Waals surface area contributed by atoms with Gasteiger partial charge < -0.3 is 10.0 Å². The zero-order chi connectivity index (χ0) is 11.4. The SMILES string of the molecule is CC(CO)c1cccc(C=O)c1N(C)C. The number of carbonyl (C=O) groups is 1. The fourth-order valence-electron chi connectivity index (χ4n) is 1.69. The summed E-state index contributed by atoms with van der Waals surface area (Å²) in [4.78, 5) is 12.8. The molecule has 0 aliphatic carbocycles. The van der Waals surface area contributed by atoms with E-state index in [1.165, 1.54) is 0 Å². The van der Waals surface area contributed by atoms with Crippen LogP contribution in [0.5, 0.6) is 0 Å². The van der Waals surface area contributed by atoms with E-state index in [-0.39, 0.29) is 12.5 Å². The molecule has 0 aliphatic rings. The highest BCUT2D eigenvalue weighted by Crippen LogP contribution is 2.28. The summed E-state index contributed by atoms with van der Waals surface area (Å²) >= 11 is 0. The molecular weight excluding hydrogens is 190 g/mol. The lowest BCUT2D eigenvalue weighted by atomic mass is 9.96. The van der Waals surface area contributed by atoms with Crippen LogP contribution in [0.2, 0.25) is 0 Å². The van der Waals surface area contributed by atoms with Gasteiger partial charge in [0.15, 0.2) is 6.29 Å². The molecule has 0 spiro atoms. The summed E-state index contributed by atoms with van der Waals surface area (Å²) in [5, 5.41) is 9.15. The van der Waals surface area contributed by atoms with Crippen LogP contribution in [0.1, 0.15) is 28.8 Å². The van der Waals surface area contributed by atoms with Gasteiger partial charge in [-0.1, -0.05) is 19.1 Å². The Kier molecular flexibility index (Phi) is 3.86. The van der Waals surface area contributed by atoms with E-state index >= 15 is 0 Å². The van der Waals surface area contributed by atoms with Gasteiger partial charge in [0.25, 0.3) is 0 Å². The van der Waals surface area contributed by atoms with Crippen molar-refractivity contribution in [1.82, 2.24) is 0 Å². The normalized spacial score (nSPS) is 12.3. The van der Waals surface area contributed by atoms with Gasteiger partial charge in [-0.15, -0.1) is 0 Å². The predicted octanol–water partition coefficient (Wildman–Crippen LogP) is 1.66. The number of anilines is 1. The Morgan fingerprint density at radius 3 is 2.60 bits per heavy atom. The molecule has 0 radical (unpaired) electrons. The third-order valence-corrected chi connectivity index (χ3v) is 2.48. The van der Waals surface area contributed by atoms with E-state index < -0.39 is 0 Å². The number of benzene rings is 1. The Morgan fingerprint density at radius 2 is 2.13 bits per heavy atom. The van der Waals surface area contributed by atoms with Crippen LogP contribution >= 0.6 is 0 Å². The molecular formula is C12H17NO2. The molecule has 3 heteroatoms. The van der Waals surface area contributed by atoms with Gasteiger partial charge in [0.05, 0.1) is 5.69 Å². The lowest BCUT2D eigenvalue weighted by Crippen LogP contribution is -2.15. The van der Waals surface area contributed by atoms with Gasteiger partial charge in [-0.3, -0.25) is 4.79 Å². The third-order valence-electron chi connectivity index (χ3n) is 2.48. The van der Waals surface area contributed by atoms with E-state index in [1.54, 1.807) is 6.07 Å². The van der Waals surface area contributed by atoms with Crippen LogP contribution in [0, 0.1) is 0 Å². The molecule has 82 valence electrons. The minimum atomic E-state index is 0.0438. The largest absolute Gasteiger partial charge is 0.396 e. The summed E-state index contributed by atoms with van der Waals surface area (Å²) < 4.78 is 0. The molecule has 15 heavy (non-hydrogen) atoms. The van der Waals surface area contributed by atoms with E-state index in [2.05, 4.69) is 0 Å². The van der Waals surface area contributed by atoms with E-state index in [0.29, 0.717) is 5.56 Å². The Balaban J connectivity index is 3.31. The standard InChI is InChI=1S/C12H17NO2/c1-9(7-14)11-6-4-5-10(8-15)12(11)13(2)3/h4-6,8-9,14H,7H2,1-3H3. The molecule has 0 aromatic heterocycles. The molecule has 1 N–H and O–H groups in total. The zero-order valence-corrected chi connectivity index (χ0v) is 9.40. The molecule has 0 fully saturated rings. The van der Waals surface area contributed by atoms with Gasteiger partial charge in [0, 0.05) is 32.2 Å². The fraction of sp³-hybridized carbons (Fsp3) is 0.417. The smallest absolute Gasteiger partial charge is 0.152 e. The third kappa shape index (κ3) is 2.36. The second kappa shape index (κ2) is 4.94. The average molecular weight is 207 g/mol. The van der Waals surface area contributed by atoms with Gasteiger partial charge >= 0.3 is 0 Å². The average Bonchev–Trinajstić information content (AvgIpc) is 2.26. The number of rotatable bonds is 4. The van der Waals surface area contributed by atoms with E-state index in [9.17, 15) is 4.79 Å². The number of hydrogen-bond acceptors (Lipinski definition) is 3. The molecule has 3 nitrogen and oxygen atoms in total. The molecule has 1 aromatic rings. The summed E-state index contributed by atoms with van der Waals surface area (Å²) in [6.07, 6.45) is 0.850. The van der Waals surface area contributed by atoms with Gasteiger partial charge in [-0.2, -0.15) is 0 Å². The Morgan fingerprint density at radius 1 is 1.47 bits per heavy atom. The van der Waals surface area contributed by atoms with Gasteiger partial charge in [-0.25, -0.2) is 0 Å². The molecule has 0 saturated heterocycles. The van der Waals surface area contributed by atoms with Crippen molar-refractivity contribution in [3.63, 3.8) is 0 Å². The van der Waals surface area contributed by atoms with Crippen molar-refractivity contribution in [2.45, 2.75) is 12.8 Å². The molecule has 0 saturated carbocycles. The van der Waals surface area contributed by atoms with Crippen molar-refractivity contribution in [3.05, 3.63) is 29.3 Å². The molecule has 0 heterocycles. The van der Waals surface area contributed by atoms with Crippen molar-refractivity contribution < 1.29 is 9.90 Å². The number of nitrogens with zero attached hydrogens (tertiary/aromatic N) is 1. The second-order valence-electron chi connectivity index (χ2n) is 3.88. The highest BCUT2D eigenvalue weighted by Gasteiger charge is 2.14. The van der Waals surface area contributed by atoms with Crippen LogP contribution < -0.4 is 4.90 Å². The Bertz CT molecular complexity index is 347. The first-order valence-corrected chi connectivity index (χ1v) is 4.98. The van der Waals surface area contributed by atoms with Crippen molar-refractivity contribution in [2.75, 3.05) is 25.6 Å². The lowest BCUT2D eigenvalue weighted by molar-refractivity contribution is 0.112. The minimum absolute atomic E-state index is 0.0438. The van der Waals surface area contributed by atoms with Crippen LogP contribution in [-0.2, 0) is 0 Å². The Hall–Kier alpha value is -1.35. The number of hydrogen-bond donors (Lipinski definition) is 1. The highest BCUT2D eigenvalue weighted by atomic mass is 16.3. The molecule has 1 aromatic carbocycles. The molecule has 1 atom stereocenters. The first kappa shape index (κ1) is 11.7. The molecule has 1 rings (SSSR count). The maximum Gasteiger partial charge on any atom is 0.152 e. The summed E-state index contributed by atoms with van der Waals surface area (Å²) in [6.45, 7) is 2.03. The number of aliphatic hydroxyl groups is 1. The highest BCUT2D eigenvalue weighted by molar-refractivity contribution is 5.86. The van der Waals surface area contributed by atoms with Crippen LogP contribution in [-0.4, -0.2) is 32.1 Å². The molecule has 0 amide bonds. The number of aldehydes is 1. The summed E-state index contributed by atoms with van der Waals surface area (Å²) in [5.41, 5.74) is 2.57. The number of carbonyl (C=O) groups excluding carboxylic acids is 1. The van der Waals surface area contributed by atoms with Crippen molar-refractivity contribution in [2.24, 2.45) is 0 Å². The first-order valence-electron chi connectivity index (χ1n) is 4.98. The maximum atomic E-state index is 10.9. The van der Waals surface area contributed by atoms with E-state index in [1.807, 2.05) is 38.1 Å². The lowest BCUT2D eigenvalue weighted by Gasteiger charge is -2.22. The Labute approximate surface area is 90.3 Å².